The first kappa shape index (κ1) is 19.6. The number of hydrogen-bond donors (Lipinski definition) is 0. The van der Waals surface area contributed by atoms with Crippen LogP contribution in [0.5, 0.6) is 0 Å². The lowest BCUT2D eigenvalue weighted by atomic mass is 10.0. The zero-order valence-electron chi connectivity index (χ0n) is 16.6. The van der Waals surface area contributed by atoms with E-state index in [1.165, 1.54) is 16.9 Å². The van der Waals surface area contributed by atoms with Gasteiger partial charge in [-0.1, -0.05) is 35.9 Å². The summed E-state index contributed by atoms with van der Waals surface area (Å²) >= 11 is 3.22. The Labute approximate surface area is 184 Å². The summed E-state index contributed by atoms with van der Waals surface area (Å²) in [6, 6.07) is 19.6. The number of nitrogens with zero attached hydrogens (tertiary/aromatic N) is 2. The van der Waals surface area contributed by atoms with Crippen molar-refractivity contribution in [2.24, 2.45) is 0 Å². The highest BCUT2D eigenvalue weighted by molar-refractivity contribution is 8.00. The zero-order valence-corrected chi connectivity index (χ0v) is 19.1. The van der Waals surface area contributed by atoms with Crippen LogP contribution in [0.2, 0.25) is 0 Å². The molecule has 4 aromatic rings. The molecule has 1 aliphatic heterocycles. The molecule has 0 radical (unpaired) electrons. The van der Waals surface area contributed by atoms with E-state index in [1.54, 1.807) is 34.3 Å². The first-order valence-electron chi connectivity index (χ1n) is 9.66. The molecule has 0 atom stereocenters. The third-order valence-corrected chi connectivity index (χ3v) is 9.01. The number of hydrogen-bond acceptors (Lipinski definition) is 5. The summed E-state index contributed by atoms with van der Waals surface area (Å²) in [4.78, 5) is 5.76. The minimum Gasteiger partial charge on any atom is -0.264 e. The van der Waals surface area contributed by atoms with E-state index in [-0.39, 0.29) is 0 Å². The van der Waals surface area contributed by atoms with Crippen molar-refractivity contribution in [1.29, 1.82) is 0 Å². The molecule has 1 aromatic heterocycles. The Hall–Kier alpha value is -2.35. The smallest absolute Gasteiger partial charge is 0.264 e. The Morgan fingerprint density at radius 3 is 2.50 bits per heavy atom. The average molecular weight is 453 g/mol. The van der Waals surface area contributed by atoms with Crippen LogP contribution < -0.4 is 4.31 Å². The maximum Gasteiger partial charge on any atom is 0.264 e. The largest absolute Gasteiger partial charge is 0.264 e. The Balaban J connectivity index is 1.59. The molecular weight excluding hydrogens is 432 g/mol. The van der Waals surface area contributed by atoms with Gasteiger partial charge in [0.15, 0.2) is 0 Å². The molecule has 0 N–H and O–H groups in total. The standard InChI is InChI=1S/C23H20N2O2S3/c1-15-3-5-17(6-4-15)18-7-10-22-21(13-18)25(11-12-28-22)30(26,27)19-8-9-20-23(14-19)29-16(2)24-20/h3-10,13-14H,11-12H2,1-2H3. The van der Waals surface area contributed by atoms with E-state index in [4.69, 9.17) is 0 Å². The van der Waals surface area contributed by atoms with E-state index in [1.807, 2.05) is 19.1 Å². The van der Waals surface area contributed by atoms with Crippen molar-refractivity contribution in [3.05, 3.63) is 71.2 Å². The molecule has 0 unspecified atom stereocenters. The van der Waals surface area contributed by atoms with Gasteiger partial charge in [-0.3, -0.25) is 4.31 Å². The second kappa shape index (κ2) is 7.41. The van der Waals surface area contributed by atoms with Crippen molar-refractivity contribution < 1.29 is 8.42 Å². The van der Waals surface area contributed by atoms with Crippen molar-refractivity contribution in [3.63, 3.8) is 0 Å². The number of rotatable bonds is 3. The minimum absolute atomic E-state index is 0.317. The fraction of sp³-hybridized carbons (Fsp3) is 0.174. The number of benzene rings is 3. The zero-order chi connectivity index (χ0) is 20.9. The van der Waals surface area contributed by atoms with Gasteiger partial charge < -0.3 is 0 Å². The number of aryl methyl sites for hydroxylation is 2. The van der Waals surface area contributed by atoms with Gasteiger partial charge in [-0.2, -0.15) is 0 Å². The Morgan fingerprint density at radius 2 is 1.70 bits per heavy atom. The third kappa shape index (κ3) is 3.41. The van der Waals surface area contributed by atoms with Crippen LogP contribution in [-0.2, 0) is 10.0 Å². The highest BCUT2D eigenvalue weighted by atomic mass is 32.2. The van der Waals surface area contributed by atoms with Gasteiger partial charge in [-0.05, 0) is 55.3 Å². The molecule has 0 fully saturated rings. The Kier molecular flexibility index (Phi) is 4.84. The van der Waals surface area contributed by atoms with E-state index >= 15 is 0 Å². The van der Waals surface area contributed by atoms with E-state index in [0.717, 1.165) is 42.7 Å². The number of sulfonamides is 1. The Morgan fingerprint density at radius 1 is 0.933 bits per heavy atom. The fourth-order valence-electron chi connectivity index (χ4n) is 3.68. The van der Waals surface area contributed by atoms with Gasteiger partial charge in [0.1, 0.15) is 0 Å². The van der Waals surface area contributed by atoms with Crippen molar-refractivity contribution in [1.82, 2.24) is 4.98 Å². The highest BCUT2D eigenvalue weighted by Crippen LogP contribution is 2.40. The molecule has 0 spiro atoms. The van der Waals surface area contributed by atoms with Crippen molar-refractivity contribution >= 4 is 49.0 Å². The van der Waals surface area contributed by atoms with E-state index < -0.39 is 10.0 Å². The summed E-state index contributed by atoms with van der Waals surface area (Å²) in [5.74, 6) is 0.734. The number of thiazole rings is 1. The summed E-state index contributed by atoms with van der Waals surface area (Å²) in [6.45, 7) is 4.45. The summed E-state index contributed by atoms with van der Waals surface area (Å²) in [5, 5.41) is 0.932. The quantitative estimate of drug-likeness (QED) is 0.389. The molecule has 0 amide bonds. The van der Waals surface area contributed by atoms with Crippen LogP contribution >= 0.6 is 23.1 Å². The molecule has 1 aliphatic rings. The van der Waals surface area contributed by atoms with Crippen LogP contribution in [0.15, 0.2) is 70.5 Å². The van der Waals surface area contributed by atoms with Gasteiger partial charge in [0.05, 0.1) is 25.8 Å². The normalized spacial score (nSPS) is 14.1. The number of thioether (sulfide) groups is 1. The van der Waals surface area contributed by atoms with Gasteiger partial charge in [0.2, 0.25) is 0 Å². The van der Waals surface area contributed by atoms with Crippen LogP contribution in [-0.4, -0.2) is 25.7 Å². The van der Waals surface area contributed by atoms with Crippen LogP contribution in [0.1, 0.15) is 10.6 Å². The maximum absolute atomic E-state index is 13.6. The predicted octanol–water partition coefficient (Wildman–Crippen LogP) is 5.88. The molecule has 3 aromatic carbocycles. The molecule has 4 nitrogen and oxygen atoms in total. The lowest BCUT2D eigenvalue weighted by Crippen LogP contribution is -2.35. The SMILES string of the molecule is Cc1ccc(-c2ccc3c(c2)N(S(=O)(=O)c2ccc4nc(C)sc4c2)CCS3)cc1. The van der Waals surface area contributed by atoms with Gasteiger partial charge in [0, 0.05) is 17.2 Å². The fourth-order valence-corrected chi connectivity index (χ4v) is 7.27. The van der Waals surface area contributed by atoms with Crippen molar-refractivity contribution in [3.8, 4) is 11.1 Å². The van der Waals surface area contributed by atoms with Crippen molar-refractivity contribution in [2.45, 2.75) is 23.6 Å². The van der Waals surface area contributed by atoms with Crippen LogP contribution in [0, 0.1) is 13.8 Å². The molecule has 5 rings (SSSR count). The molecule has 2 heterocycles. The topological polar surface area (TPSA) is 50.3 Å². The lowest BCUT2D eigenvalue weighted by molar-refractivity contribution is 0.591. The second-order valence-electron chi connectivity index (χ2n) is 7.34. The van der Waals surface area contributed by atoms with Crippen molar-refractivity contribution in [2.75, 3.05) is 16.6 Å². The van der Waals surface area contributed by atoms with Gasteiger partial charge in [-0.15, -0.1) is 23.1 Å². The lowest BCUT2D eigenvalue weighted by Gasteiger charge is -2.30. The molecular formula is C23H20N2O2S3. The predicted molar refractivity (Wildman–Crippen MR) is 126 cm³/mol. The van der Waals surface area contributed by atoms with E-state index in [9.17, 15) is 8.42 Å². The summed E-state index contributed by atoms with van der Waals surface area (Å²) in [6.07, 6.45) is 0. The summed E-state index contributed by atoms with van der Waals surface area (Å²) in [5.41, 5.74) is 4.89. The molecule has 0 saturated heterocycles. The molecule has 0 saturated carbocycles. The third-order valence-electron chi connectivity index (χ3n) is 5.22. The molecule has 152 valence electrons. The monoisotopic (exact) mass is 452 g/mol. The van der Waals surface area contributed by atoms with Crippen LogP contribution in [0.4, 0.5) is 5.69 Å². The minimum atomic E-state index is -3.66. The van der Waals surface area contributed by atoms with Gasteiger partial charge >= 0.3 is 0 Å². The van der Waals surface area contributed by atoms with Gasteiger partial charge in [0.25, 0.3) is 10.0 Å². The maximum atomic E-state index is 13.6. The van der Waals surface area contributed by atoms with E-state index in [0.29, 0.717) is 11.4 Å². The molecule has 0 bridgehead atoms. The average Bonchev–Trinajstić information content (AvgIpc) is 3.12. The summed E-state index contributed by atoms with van der Waals surface area (Å²) in [7, 11) is -3.66. The van der Waals surface area contributed by atoms with E-state index in [2.05, 4.69) is 42.2 Å². The summed E-state index contributed by atoms with van der Waals surface area (Å²) < 4.78 is 29.6. The first-order chi connectivity index (χ1) is 14.4. The first-order valence-corrected chi connectivity index (χ1v) is 12.9. The number of anilines is 1. The van der Waals surface area contributed by atoms with Gasteiger partial charge in [-0.25, -0.2) is 13.4 Å². The van der Waals surface area contributed by atoms with Crippen LogP contribution in [0.25, 0.3) is 21.3 Å². The highest BCUT2D eigenvalue weighted by Gasteiger charge is 2.30. The number of aromatic nitrogens is 1. The Bertz CT molecular complexity index is 1360. The second-order valence-corrected chi connectivity index (χ2v) is 11.6. The number of fused-ring (bicyclic) bond motifs is 2. The molecule has 30 heavy (non-hydrogen) atoms. The molecule has 7 heteroatoms. The van der Waals surface area contributed by atoms with Crippen LogP contribution in [0.3, 0.4) is 0 Å². The molecule has 0 aliphatic carbocycles.